The highest BCUT2D eigenvalue weighted by Crippen LogP contribution is 2.24. The first-order valence-corrected chi connectivity index (χ1v) is 4.89. The lowest BCUT2D eigenvalue weighted by molar-refractivity contribution is 0.215. The van der Waals surface area contributed by atoms with Crippen LogP contribution in [0.2, 0.25) is 5.02 Å². The van der Waals surface area contributed by atoms with Crippen LogP contribution in [0.25, 0.3) is 0 Å². The first-order valence-electron chi connectivity index (χ1n) is 4.51. The van der Waals surface area contributed by atoms with Crippen molar-refractivity contribution >= 4 is 17.8 Å². The molecule has 0 radical (unpaired) electrons. The normalized spacial score (nSPS) is 11.2. The van der Waals surface area contributed by atoms with Gasteiger partial charge in [-0.1, -0.05) is 42.7 Å². The Morgan fingerprint density at radius 3 is 2.71 bits per heavy atom. The minimum atomic E-state index is 0.423. The average molecular weight is 212 g/mol. The van der Waals surface area contributed by atoms with Crippen molar-refractivity contribution in [3.63, 3.8) is 0 Å². The van der Waals surface area contributed by atoms with Gasteiger partial charge in [-0.3, -0.25) is 0 Å². The molecule has 14 heavy (non-hydrogen) atoms. The third kappa shape index (κ3) is 2.48. The summed E-state index contributed by atoms with van der Waals surface area (Å²) < 4.78 is 0. The summed E-state index contributed by atoms with van der Waals surface area (Å²) >= 11 is 6.06. The van der Waals surface area contributed by atoms with E-state index in [0.29, 0.717) is 10.9 Å². The van der Waals surface area contributed by atoms with Crippen molar-refractivity contribution in [1.82, 2.24) is 0 Å². The standard InChI is InChI=1S/C11H14ClNO/c1-8(2)9-5-4-6-11(12)10(9)7-13-14-3/h4-8H,1-3H3/b13-7+. The van der Waals surface area contributed by atoms with Crippen molar-refractivity contribution in [2.45, 2.75) is 19.8 Å². The molecule has 0 aliphatic rings. The molecule has 0 saturated carbocycles. The van der Waals surface area contributed by atoms with Gasteiger partial charge in [-0.05, 0) is 17.5 Å². The van der Waals surface area contributed by atoms with Gasteiger partial charge >= 0.3 is 0 Å². The minimum Gasteiger partial charge on any atom is -0.399 e. The van der Waals surface area contributed by atoms with Crippen LogP contribution in [-0.2, 0) is 4.84 Å². The van der Waals surface area contributed by atoms with E-state index in [0.717, 1.165) is 5.56 Å². The van der Waals surface area contributed by atoms with Gasteiger partial charge in [0.15, 0.2) is 0 Å². The fourth-order valence-electron chi connectivity index (χ4n) is 1.30. The summed E-state index contributed by atoms with van der Waals surface area (Å²) in [5.41, 5.74) is 2.12. The molecular formula is C11H14ClNO. The van der Waals surface area contributed by atoms with Crippen LogP contribution >= 0.6 is 11.6 Å². The lowest BCUT2D eigenvalue weighted by Gasteiger charge is -2.10. The molecular weight excluding hydrogens is 198 g/mol. The molecule has 0 N–H and O–H groups in total. The predicted octanol–water partition coefficient (Wildman–Crippen LogP) is 3.44. The van der Waals surface area contributed by atoms with Crippen molar-refractivity contribution in [1.29, 1.82) is 0 Å². The van der Waals surface area contributed by atoms with E-state index in [1.807, 2.05) is 18.2 Å². The summed E-state index contributed by atoms with van der Waals surface area (Å²) in [5, 5.41) is 4.44. The lowest BCUT2D eigenvalue weighted by Crippen LogP contribution is -1.96. The number of hydrogen-bond donors (Lipinski definition) is 0. The number of hydrogen-bond acceptors (Lipinski definition) is 2. The van der Waals surface area contributed by atoms with Gasteiger partial charge in [-0.15, -0.1) is 0 Å². The minimum absolute atomic E-state index is 0.423. The van der Waals surface area contributed by atoms with Crippen molar-refractivity contribution in [2.75, 3.05) is 7.11 Å². The van der Waals surface area contributed by atoms with E-state index in [9.17, 15) is 0 Å². The van der Waals surface area contributed by atoms with Crippen LogP contribution in [0.3, 0.4) is 0 Å². The topological polar surface area (TPSA) is 21.6 Å². The summed E-state index contributed by atoms with van der Waals surface area (Å²) in [6.07, 6.45) is 1.65. The Balaban J connectivity index is 3.15. The predicted molar refractivity (Wildman–Crippen MR) is 60.1 cm³/mol. The second-order valence-corrected chi connectivity index (χ2v) is 3.72. The number of halogens is 1. The van der Waals surface area contributed by atoms with Crippen molar-refractivity contribution in [2.24, 2.45) is 5.16 Å². The Morgan fingerprint density at radius 1 is 1.43 bits per heavy atom. The maximum atomic E-state index is 6.06. The second kappa shape index (κ2) is 5.01. The molecule has 0 fully saturated rings. The largest absolute Gasteiger partial charge is 0.399 e. The van der Waals surface area contributed by atoms with Gasteiger partial charge in [0.2, 0.25) is 0 Å². The Labute approximate surface area is 89.5 Å². The van der Waals surface area contributed by atoms with E-state index in [2.05, 4.69) is 23.8 Å². The van der Waals surface area contributed by atoms with Gasteiger partial charge in [-0.25, -0.2) is 0 Å². The van der Waals surface area contributed by atoms with Gasteiger partial charge in [0, 0.05) is 10.6 Å². The molecule has 0 amide bonds. The summed E-state index contributed by atoms with van der Waals surface area (Å²) in [6.45, 7) is 4.24. The number of nitrogens with zero attached hydrogens (tertiary/aromatic N) is 1. The molecule has 0 unspecified atom stereocenters. The van der Waals surface area contributed by atoms with Crippen LogP contribution in [0, 0.1) is 0 Å². The highest BCUT2D eigenvalue weighted by molar-refractivity contribution is 6.33. The Hall–Kier alpha value is -1.02. The first-order chi connectivity index (χ1) is 6.66. The van der Waals surface area contributed by atoms with E-state index >= 15 is 0 Å². The van der Waals surface area contributed by atoms with Crippen molar-refractivity contribution in [3.05, 3.63) is 34.3 Å². The summed E-state index contributed by atoms with van der Waals surface area (Å²) in [7, 11) is 1.52. The van der Waals surface area contributed by atoms with Crippen LogP contribution in [-0.4, -0.2) is 13.3 Å². The molecule has 0 aliphatic heterocycles. The molecule has 1 aromatic carbocycles. The molecule has 1 rings (SSSR count). The third-order valence-electron chi connectivity index (χ3n) is 2.00. The van der Waals surface area contributed by atoms with Gasteiger partial charge in [0.05, 0.1) is 6.21 Å². The zero-order valence-corrected chi connectivity index (χ0v) is 9.38. The van der Waals surface area contributed by atoms with Gasteiger partial charge < -0.3 is 4.84 Å². The lowest BCUT2D eigenvalue weighted by atomic mass is 9.98. The van der Waals surface area contributed by atoms with E-state index in [-0.39, 0.29) is 0 Å². The van der Waals surface area contributed by atoms with E-state index in [4.69, 9.17) is 11.6 Å². The molecule has 76 valence electrons. The van der Waals surface area contributed by atoms with Crippen LogP contribution in [0.5, 0.6) is 0 Å². The smallest absolute Gasteiger partial charge is 0.106 e. The molecule has 1 aromatic rings. The SMILES string of the molecule is CO/N=C/c1c(Cl)cccc1C(C)C. The van der Waals surface area contributed by atoms with E-state index in [1.54, 1.807) is 6.21 Å². The molecule has 0 spiro atoms. The second-order valence-electron chi connectivity index (χ2n) is 3.31. The Morgan fingerprint density at radius 2 is 2.14 bits per heavy atom. The van der Waals surface area contributed by atoms with Gasteiger partial charge in [0.1, 0.15) is 7.11 Å². The molecule has 0 aromatic heterocycles. The number of oxime groups is 1. The Bertz CT molecular complexity index is 334. The van der Waals surface area contributed by atoms with E-state index in [1.165, 1.54) is 12.7 Å². The summed E-state index contributed by atoms with van der Waals surface area (Å²) in [6, 6.07) is 5.85. The molecule has 0 bridgehead atoms. The quantitative estimate of drug-likeness (QED) is 0.555. The van der Waals surface area contributed by atoms with Crippen molar-refractivity contribution in [3.8, 4) is 0 Å². The summed E-state index contributed by atoms with van der Waals surface area (Å²) in [5.74, 6) is 0.423. The zero-order chi connectivity index (χ0) is 10.6. The first kappa shape index (κ1) is 11.1. The number of benzene rings is 1. The van der Waals surface area contributed by atoms with Gasteiger partial charge in [0.25, 0.3) is 0 Å². The average Bonchev–Trinajstić information content (AvgIpc) is 2.15. The van der Waals surface area contributed by atoms with Crippen LogP contribution in [0.4, 0.5) is 0 Å². The monoisotopic (exact) mass is 211 g/mol. The third-order valence-corrected chi connectivity index (χ3v) is 2.33. The van der Waals surface area contributed by atoms with Crippen LogP contribution in [0.15, 0.2) is 23.4 Å². The van der Waals surface area contributed by atoms with E-state index < -0.39 is 0 Å². The van der Waals surface area contributed by atoms with Gasteiger partial charge in [-0.2, -0.15) is 0 Å². The molecule has 0 atom stereocenters. The van der Waals surface area contributed by atoms with Crippen LogP contribution in [0.1, 0.15) is 30.9 Å². The van der Waals surface area contributed by atoms with Crippen LogP contribution < -0.4 is 0 Å². The maximum Gasteiger partial charge on any atom is 0.106 e. The highest BCUT2D eigenvalue weighted by Gasteiger charge is 2.07. The molecule has 0 aliphatic carbocycles. The fraction of sp³-hybridized carbons (Fsp3) is 0.364. The summed E-state index contributed by atoms with van der Waals surface area (Å²) in [4.78, 5) is 4.65. The fourth-order valence-corrected chi connectivity index (χ4v) is 1.53. The molecule has 0 heterocycles. The molecule has 0 saturated heterocycles. The highest BCUT2D eigenvalue weighted by atomic mass is 35.5. The van der Waals surface area contributed by atoms with Crippen molar-refractivity contribution < 1.29 is 4.84 Å². The Kier molecular flexibility index (Phi) is 3.96. The number of rotatable bonds is 3. The maximum absolute atomic E-state index is 6.06. The zero-order valence-electron chi connectivity index (χ0n) is 8.62. The molecule has 3 heteroatoms. The molecule has 2 nitrogen and oxygen atoms in total.